The molecule has 0 radical (unpaired) electrons. The number of ether oxygens (including phenoxy) is 2. The van der Waals surface area contributed by atoms with E-state index in [0.29, 0.717) is 34.6 Å². The van der Waals surface area contributed by atoms with E-state index in [0.717, 1.165) is 0 Å². The first-order valence-electron chi connectivity index (χ1n) is 7.43. The molecule has 1 amide bonds. The van der Waals surface area contributed by atoms with Gasteiger partial charge in [0.1, 0.15) is 29.4 Å². The largest absolute Gasteiger partial charge is 0.487 e. The average Bonchev–Trinajstić information content (AvgIpc) is 2.57. The van der Waals surface area contributed by atoms with Gasteiger partial charge >= 0.3 is 0 Å². The van der Waals surface area contributed by atoms with Gasteiger partial charge in [-0.25, -0.2) is 4.98 Å². The average molecular weight is 378 g/mol. The lowest BCUT2D eigenvalue weighted by Crippen LogP contribution is -2.57. The molecule has 1 saturated heterocycles. The highest BCUT2D eigenvalue weighted by Gasteiger charge is 2.32. The predicted molar refractivity (Wildman–Crippen MR) is 91.9 cm³/mol. The Labute approximate surface area is 154 Å². The monoisotopic (exact) mass is 377 g/mol. The number of likely N-dealkylation sites (tertiary alicyclic amines) is 1. The number of nitriles is 1. The lowest BCUT2D eigenvalue weighted by atomic mass is 10.1. The van der Waals surface area contributed by atoms with Crippen molar-refractivity contribution >= 4 is 29.1 Å². The van der Waals surface area contributed by atoms with Crippen LogP contribution in [0.25, 0.3) is 0 Å². The van der Waals surface area contributed by atoms with Gasteiger partial charge in [0, 0.05) is 17.3 Å². The fourth-order valence-electron chi connectivity index (χ4n) is 2.28. The van der Waals surface area contributed by atoms with Crippen LogP contribution in [-0.2, 0) is 4.79 Å². The summed E-state index contributed by atoms with van der Waals surface area (Å²) in [6, 6.07) is 10.0. The minimum Gasteiger partial charge on any atom is -0.487 e. The smallest absolute Gasteiger partial charge is 0.260 e. The Bertz CT molecular complexity index is 832. The number of nitrogens with zero attached hydrogens (tertiary/aromatic N) is 3. The van der Waals surface area contributed by atoms with E-state index in [2.05, 4.69) is 4.98 Å². The number of amides is 1. The van der Waals surface area contributed by atoms with Crippen LogP contribution >= 0.6 is 23.2 Å². The summed E-state index contributed by atoms with van der Waals surface area (Å²) in [6.07, 6.45) is 1.40. The van der Waals surface area contributed by atoms with Crippen LogP contribution in [0.3, 0.4) is 0 Å². The topological polar surface area (TPSA) is 75.5 Å². The lowest BCUT2D eigenvalue weighted by molar-refractivity contribution is -0.142. The summed E-state index contributed by atoms with van der Waals surface area (Å²) in [4.78, 5) is 17.6. The summed E-state index contributed by atoms with van der Waals surface area (Å²) >= 11 is 11.8. The first-order chi connectivity index (χ1) is 12.0. The molecule has 1 aromatic carbocycles. The third-order valence-corrected chi connectivity index (χ3v) is 4.12. The van der Waals surface area contributed by atoms with Crippen LogP contribution in [0.2, 0.25) is 10.0 Å². The van der Waals surface area contributed by atoms with Gasteiger partial charge in [-0.1, -0.05) is 23.2 Å². The van der Waals surface area contributed by atoms with Gasteiger partial charge < -0.3 is 14.4 Å². The van der Waals surface area contributed by atoms with Gasteiger partial charge in [0.05, 0.1) is 18.1 Å². The first-order valence-corrected chi connectivity index (χ1v) is 8.19. The third kappa shape index (κ3) is 4.32. The molecular weight excluding hydrogens is 365 g/mol. The number of aromatic nitrogens is 1. The van der Waals surface area contributed by atoms with Crippen LogP contribution in [0.4, 0.5) is 0 Å². The van der Waals surface area contributed by atoms with E-state index < -0.39 is 0 Å². The molecule has 1 aliphatic heterocycles. The zero-order chi connectivity index (χ0) is 17.8. The molecule has 0 aliphatic carbocycles. The molecule has 0 unspecified atom stereocenters. The zero-order valence-electron chi connectivity index (χ0n) is 13.0. The molecule has 8 heteroatoms. The number of benzene rings is 1. The Morgan fingerprint density at radius 1 is 1.32 bits per heavy atom. The summed E-state index contributed by atoms with van der Waals surface area (Å²) in [7, 11) is 0. The summed E-state index contributed by atoms with van der Waals surface area (Å²) in [6.45, 7) is 0.809. The van der Waals surface area contributed by atoms with E-state index in [4.69, 9.17) is 37.9 Å². The quantitative estimate of drug-likeness (QED) is 0.800. The van der Waals surface area contributed by atoms with E-state index in [1.165, 1.54) is 6.20 Å². The number of hydrogen-bond acceptors (Lipinski definition) is 5. The number of rotatable bonds is 5. The third-order valence-electron chi connectivity index (χ3n) is 3.59. The summed E-state index contributed by atoms with van der Waals surface area (Å²) in [5.74, 6) is 0.819. The normalized spacial score (nSPS) is 13.7. The van der Waals surface area contributed by atoms with Crippen molar-refractivity contribution in [2.24, 2.45) is 0 Å². The minimum absolute atomic E-state index is 0.109. The van der Waals surface area contributed by atoms with Crippen molar-refractivity contribution in [1.29, 1.82) is 5.26 Å². The lowest BCUT2D eigenvalue weighted by Gasteiger charge is -2.38. The van der Waals surface area contributed by atoms with Crippen LogP contribution < -0.4 is 9.47 Å². The van der Waals surface area contributed by atoms with E-state index in [1.54, 1.807) is 35.2 Å². The van der Waals surface area contributed by atoms with Crippen molar-refractivity contribution in [1.82, 2.24) is 9.88 Å². The standard InChI is InChI=1S/C17H13Cl2N3O3/c18-11-1-2-16(15(19)5-11)24-10-17(23)22-8-14(9-22)25-13-3-4-21-12(6-13)7-20/h1-6,14H,8-10H2. The molecule has 0 saturated carbocycles. The van der Waals surface area contributed by atoms with Crippen LogP contribution in [0, 0.1) is 11.3 Å². The molecule has 1 aliphatic rings. The fraction of sp³-hybridized carbons (Fsp3) is 0.235. The van der Waals surface area contributed by atoms with Crippen molar-refractivity contribution in [2.45, 2.75) is 6.10 Å². The second-order valence-corrected chi connectivity index (χ2v) is 6.23. The van der Waals surface area contributed by atoms with Gasteiger partial charge in [0.25, 0.3) is 5.91 Å². The van der Waals surface area contributed by atoms with Crippen molar-refractivity contribution < 1.29 is 14.3 Å². The Kier molecular flexibility index (Phi) is 5.27. The molecule has 3 rings (SSSR count). The van der Waals surface area contributed by atoms with Crippen LogP contribution in [0.5, 0.6) is 11.5 Å². The van der Waals surface area contributed by atoms with Crippen LogP contribution in [-0.4, -0.2) is 41.6 Å². The van der Waals surface area contributed by atoms with Gasteiger partial charge in [-0.3, -0.25) is 4.79 Å². The number of pyridine rings is 1. The summed E-state index contributed by atoms with van der Waals surface area (Å²) in [5.41, 5.74) is 0.290. The molecule has 0 N–H and O–H groups in total. The zero-order valence-corrected chi connectivity index (χ0v) is 14.5. The van der Waals surface area contributed by atoms with E-state index >= 15 is 0 Å². The summed E-state index contributed by atoms with van der Waals surface area (Å²) in [5, 5.41) is 9.68. The molecule has 0 spiro atoms. The van der Waals surface area contributed by atoms with Crippen molar-refractivity contribution in [3.05, 3.63) is 52.3 Å². The maximum Gasteiger partial charge on any atom is 0.260 e. The van der Waals surface area contributed by atoms with Crippen molar-refractivity contribution in [3.63, 3.8) is 0 Å². The number of carbonyl (C=O) groups excluding carboxylic acids is 1. The Balaban J connectivity index is 1.46. The first kappa shape index (κ1) is 17.3. The molecule has 1 aromatic heterocycles. The highest BCUT2D eigenvalue weighted by Crippen LogP contribution is 2.27. The highest BCUT2D eigenvalue weighted by atomic mass is 35.5. The van der Waals surface area contributed by atoms with Gasteiger partial charge in [0.2, 0.25) is 0 Å². The highest BCUT2D eigenvalue weighted by molar-refractivity contribution is 6.35. The van der Waals surface area contributed by atoms with Crippen molar-refractivity contribution in [3.8, 4) is 17.6 Å². The van der Waals surface area contributed by atoms with Gasteiger partial charge in [-0.2, -0.15) is 5.26 Å². The Hall–Kier alpha value is -2.49. The fourth-order valence-corrected chi connectivity index (χ4v) is 2.74. The molecule has 6 nitrogen and oxygen atoms in total. The number of hydrogen-bond donors (Lipinski definition) is 0. The maximum atomic E-state index is 12.1. The SMILES string of the molecule is N#Cc1cc(OC2CN(C(=O)COc3ccc(Cl)cc3Cl)C2)ccn1. The van der Waals surface area contributed by atoms with E-state index in [9.17, 15) is 4.79 Å². The van der Waals surface area contributed by atoms with Crippen molar-refractivity contribution in [2.75, 3.05) is 19.7 Å². The number of halogens is 2. The molecular formula is C17H13Cl2N3O3. The van der Waals surface area contributed by atoms with Gasteiger partial charge in [0.15, 0.2) is 6.61 Å². The van der Waals surface area contributed by atoms with E-state index in [1.807, 2.05) is 6.07 Å². The van der Waals surface area contributed by atoms with Crippen LogP contribution in [0.1, 0.15) is 5.69 Å². The molecule has 2 aromatic rings. The Morgan fingerprint density at radius 2 is 2.12 bits per heavy atom. The molecule has 25 heavy (non-hydrogen) atoms. The van der Waals surface area contributed by atoms with Crippen LogP contribution in [0.15, 0.2) is 36.5 Å². The maximum absolute atomic E-state index is 12.1. The molecule has 2 heterocycles. The molecule has 0 atom stereocenters. The number of carbonyl (C=O) groups is 1. The second kappa shape index (κ2) is 7.60. The van der Waals surface area contributed by atoms with Gasteiger partial charge in [-0.15, -0.1) is 0 Å². The second-order valence-electron chi connectivity index (χ2n) is 5.39. The molecule has 1 fully saturated rings. The van der Waals surface area contributed by atoms with Gasteiger partial charge in [-0.05, 0) is 24.3 Å². The summed E-state index contributed by atoms with van der Waals surface area (Å²) < 4.78 is 11.1. The molecule has 128 valence electrons. The minimum atomic E-state index is -0.154. The Morgan fingerprint density at radius 3 is 2.84 bits per heavy atom. The molecule has 0 bridgehead atoms. The van der Waals surface area contributed by atoms with E-state index in [-0.39, 0.29) is 24.3 Å². The predicted octanol–water partition coefficient (Wildman–Crippen LogP) is 2.93.